The van der Waals surface area contributed by atoms with Crippen molar-refractivity contribution in [3.63, 3.8) is 0 Å². The number of ether oxygens (including phenoxy) is 1. The summed E-state index contributed by atoms with van der Waals surface area (Å²) in [5.41, 5.74) is 2.51. The summed E-state index contributed by atoms with van der Waals surface area (Å²) in [5, 5.41) is 3.75. The predicted molar refractivity (Wildman–Crippen MR) is 94.8 cm³/mol. The first-order chi connectivity index (χ1) is 10.7. The second-order valence-electron chi connectivity index (χ2n) is 6.43. The molecule has 3 heteroatoms. The highest BCUT2D eigenvalue weighted by Crippen LogP contribution is 2.30. The molecular weight excluding hydrogens is 272 g/mol. The number of nitrogens with one attached hydrogen (secondary N) is 1. The van der Waals surface area contributed by atoms with E-state index in [2.05, 4.69) is 49.2 Å². The Bertz CT molecular complexity index is 457. The molecule has 124 valence electrons. The Balaban J connectivity index is 2.02. The monoisotopic (exact) mass is 304 g/mol. The van der Waals surface area contributed by atoms with Gasteiger partial charge in [-0.1, -0.05) is 25.8 Å². The van der Waals surface area contributed by atoms with Crippen LogP contribution in [-0.2, 0) is 6.54 Å². The van der Waals surface area contributed by atoms with Crippen molar-refractivity contribution < 1.29 is 4.74 Å². The maximum absolute atomic E-state index is 5.61. The van der Waals surface area contributed by atoms with Crippen molar-refractivity contribution in [1.29, 1.82) is 0 Å². The lowest BCUT2D eigenvalue weighted by Crippen LogP contribution is -2.36. The fraction of sp³-hybridized carbons (Fsp3) is 0.684. The van der Waals surface area contributed by atoms with E-state index in [1.54, 1.807) is 7.11 Å². The van der Waals surface area contributed by atoms with Gasteiger partial charge in [0, 0.05) is 25.7 Å². The van der Waals surface area contributed by atoms with Crippen molar-refractivity contribution in [2.45, 2.75) is 59.0 Å². The number of nitrogens with zero attached hydrogens (tertiary/aromatic N) is 1. The molecule has 0 spiro atoms. The zero-order valence-corrected chi connectivity index (χ0v) is 14.7. The number of methoxy groups -OCH3 is 1. The van der Waals surface area contributed by atoms with Crippen LogP contribution in [0.15, 0.2) is 18.2 Å². The molecule has 2 atom stereocenters. The van der Waals surface area contributed by atoms with E-state index in [4.69, 9.17) is 4.74 Å². The third kappa shape index (κ3) is 4.16. The summed E-state index contributed by atoms with van der Waals surface area (Å²) in [6.07, 6.45) is 5.44. The van der Waals surface area contributed by atoms with Gasteiger partial charge >= 0.3 is 0 Å². The molecule has 2 rings (SSSR count). The van der Waals surface area contributed by atoms with Gasteiger partial charge in [0.05, 0.1) is 12.8 Å². The minimum absolute atomic E-state index is 0.669. The largest absolute Gasteiger partial charge is 0.495 e. The second-order valence-corrected chi connectivity index (χ2v) is 6.43. The van der Waals surface area contributed by atoms with Crippen LogP contribution < -0.4 is 15.0 Å². The molecule has 1 fully saturated rings. The molecule has 1 saturated carbocycles. The van der Waals surface area contributed by atoms with Crippen LogP contribution in [0.4, 0.5) is 5.69 Å². The molecule has 0 heterocycles. The van der Waals surface area contributed by atoms with Gasteiger partial charge in [-0.2, -0.15) is 0 Å². The Kier molecular flexibility index (Phi) is 6.56. The van der Waals surface area contributed by atoms with E-state index in [1.807, 2.05) is 0 Å². The molecule has 1 aromatic rings. The lowest BCUT2D eigenvalue weighted by molar-refractivity contribution is 0.279. The Hall–Kier alpha value is -1.22. The van der Waals surface area contributed by atoms with E-state index in [0.29, 0.717) is 6.04 Å². The molecule has 3 nitrogen and oxygen atoms in total. The van der Waals surface area contributed by atoms with Crippen LogP contribution in [0.5, 0.6) is 5.75 Å². The number of hydrogen-bond donors (Lipinski definition) is 1. The molecule has 1 aliphatic rings. The fourth-order valence-electron chi connectivity index (χ4n) is 3.53. The minimum Gasteiger partial charge on any atom is -0.495 e. The topological polar surface area (TPSA) is 24.5 Å². The number of hydrogen-bond acceptors (Lipinski definition) is 3. The Morgan fingerprint density at radius 3 is 2.55 bits per heavy atom. The van der Waals surface area contributed by atoms with Gasteiger partial charge in [0.15, 0.2) is 0 Å². The number of rotatable bonds is 7. The molecule has 0 amide bonds. The van der Waals surface area contributed by atoms with Gasteiger partial charge in [-0.15, -0.1) is 0 Å². The normalized spacial score (nSPS) is 21.6. The maximum atomic E-state index is 5.61. The van der Waals surface area contributed by atoms with Crippen LogP contribution in [0.2, 0.25) is 0 Å². The van der Waals surface area contributed by atoms with Crippen LogP contribution >= 0.6 is 0 Å². The zero-order valence-electron chi connectivity index (χ0n) is 14.7. The third-order valence-electron chi connectivity index (χ3n) is 5.03. The Morgan fingerprint density at radius 1 is 1.18 bits per heavy atom. The van der Waals surface area contributed by atoms with Crippen molar-refractivity contribution in [1.82, 2.24) is 5.32 Å². The van der Waals surface area contributed by atoms with Crippen molar-refractivity contribution in [2.24, 2.45) is 5.92 Å². The quantitative estimate of drug-likeness (QED) is 0.816. The van der Waals surface area contributed by atoms with E-state index in [0.717, 1.165) is 31.3 Å². The molecule has 0 saturated heterocycles. The summed E-state index contributed by atoms with van der Waals surface area (Å²) in [6.45, 7) is 9.69. The van der Waals surface area contributed by atoms with Crippen LogP contribution in [0.3, 0.4) is 0 Å². The Morgan fingerprint density at radius 2 is 1.91 bits per heavy atom. The standard InChI is InChI=1S/C19H32N2O/c1-5-21(6-2)18-12-11-16(13-19(18)22-4)14-20-17-10-8-7-9-15(17)3/h11-13,15,17,20H,5-10,14H2,1-4H3. The van der Waals surface area contributed by atoms with Crippen LogP contribution in [0, 0.1) is 5.92 Å². The zero-order chi connectivity index (χ0) is 15.9. The van der Waals surface area contributed by atoms with E-state index >= 15 is 0 Å². The number of benzene rings is 1. The molecule has 1 aliphatic carbocycles. The summed E-state index contributed by atoms with van der Waals surface area (Å²) in [6, 6.07) is 7.29. The lowest BCUT2D eigenvalue weighted by atomic mass is 9.86. The fourth-order valence-corrected chi connectivity index (χ4v) is 3.53. The van der Waals surface area contributed by atoms with Crippen LogP contribution in [-0.4, -0.2) is 26.2 Å². The first kappa shape index (κ1) is 17.1. The SMILES string of the molecule is CCN(CC)c1ccc(CNC2CCCCC2C)cc1OC. The Labute approximate surface area is 136 Å². The van der Waals surface area contributed by atoms with E-state index in [1.165, 1.54) is 36.9 Å². The third-order valence-corrected chi connectivity index (χ3v) is 5.03. The molecule has 0 aromatic heterocycles. The molecule has 2 unspecified atom stereocenters. The van der Waals surface area contributed by atoms with Crippen LogP contribution in [0.25, 0.3) is 0 Å². The summed E-state index contributed by atoms with van der Waals surface area (Å²) >= 11 is 0. The van der Waals surface area contributed by atoms with Crippen molar-refractivity contribution in [3.05, 3.63) is 23.8 Å². The van der Waals surface area contributed by atoms with Gasteiger partial charge in [0.2, 0.25) is 0 Å². The molecule has 1 aromatic carbocycles. The van der Waals surface area contributed by atoms with Gasteiger partial charge in [-0.05, 0) is 50.3 Å². The maximum Gasteiger partial charge on any atom is 0.142 e. The predicted octanol–water partition coefficient (Wildman–Crippen LogP) is 4.21. The van der Waals surface area contributed by atoms with Gasteiger partial charge in [0.1, 0.15) is 5.75 Å². The molecule has 0 radical (unpaired) electrons. The average Bonchev–Trinajstić information content (AvgIpc) is 2.56. The highest BCUT2D eigenvalue weighted by molar-refractivity contribution is 5.59. The average molecular weight is 304 g/mol. The first-order valence-electron chi connectivity index (χ1n) is 8.84. The molecule has 0 bridgehead atoms. The van der Waals surface area contributed by atoms with Crippen molar-refractivity contribution in [2.75, 3.05) is 25.1 Å². The lowest BCUT2D eigenvalue weighted by Gasteiger charge is -2.30. The van der Waals surface area contributed by atoms with Crippen LogP contribution in [0.1, 0.15) is 52.0 Å². The molecule has 0 aliphatic heterocycles. The van der Waals surface area contributed by atoms with E-state index in [9.17, 15) is 0 Å². The molecule has 22 heavy (non-hydrogen) atoms. The second kappa shape index (κ2) is 8.42. The number of anilines is 1. The van der Waals surface area contributed by atoms with Crippen molar-refractivity contribution in [3.8, 4) is 5.75 Å². The van der Waals surface area contributed by atoms with Gasteiger partial charge < -0.3 is 15.0 Å². The highest BCUT2D eigenvalue weighted by atomic mass is 16.5. The van der Waals surface area contributed by atoms with Gasteiger partial charge in [0.25, 0.3) is 0 Å². The van der Waals surface area contributed by atoms with Gasteiger partial charge in [-0.25, -0.2) is 0 Å². The summed E-state index contributed by atoms with van der Waals surface area (Å²) < 4.78 is 5.61. The summed E-state index contributed by atoms with van der Waals surface area (Å²) in [5.74, 6) is 1.78. The van der Waals surface area contributed by atoms with Gasteiger partial charge in [-0.3, -0.25) is 0 Å². The van der Waals surface area contributed by atoms with Crippen molar-refractivity contribution >= 4 is 5.69 Å². The summed E-state index contributed by atoms with van der Waals surface area (Å²) in [4.78, 5) is 2.33. The van der Waals surface area contributed by atoms with E-state index < -0.39 is 0 Å². The van der Waals surface area contributed by atoms with E-state index in [-0.39, 0.29) is 0 Å². The molecule has 1 N–H and O–H groups in total. The smallest absolute Gasteiger partial charge is 0.142 e. The summed E-state index contributed by atoms with van der Waals surface area (Å²) in [7, 11) is 1.77. The minimum atomic E-state index is 0.669. The first-order valence-corrected chi connectivity index (χ1v) is 8.84. The molecular formula is C19H32N2O. The highest BCUT2D eigenvalue weighted by Gasteiger charge is 2.20.